The molecule has 1 aliphatic carbocycles. The first-order valence-electron chi connectivity index (χ1n) is 11.9. The number of rotatable bonds is 2. The van der Waals surface area contributed by atoms with E-state index in [9.17, 15) is 0 Å². The van der Waals surface area contributed by atoms with Crippen molar-refractivity contribution >= 4 is 122 Å². The maximum atomic E-state index is 5.31. The topological polar surface area (TPSA) is 0 Å². The highest BCUT2D eigenvalue weighted by atomic mass is 32.2. The lowest BCUT2D eigenvalue weighted by molar-refractivity contribution is 0.612. The lowest BCUT2D eigenvalue weighted by Gasteiger charge is -2.50. The number of hydrogen-bond acceptors (Lipinski definition) is 10. The summed E-state index contributed by atoms with van der Waals surface area (Å²) in [5.74, 6) is 0. The lowest BCUT2D eigenvalue weighted by atomic mass is 10.0. The van der Waals surface area contributed by atoms with E-state index in [0.29, 0.717) is 57.7 Å². The molecule has 0 nitrogen and oxygen atoms in total. The van der Waals surface area contributed by atoms with Gasteiger partial charge in [-0.2, -0.15) is 122 Å². The Morgan fingerprint density at radius 3 is 1.69 bits per heavy atom. The van der Waals surface area contributed by atoms with Crippen molar-refractivity contribution in [3.8, 4) is 0 Å². The summed E-state index contributed by atoms with van der Waals surface area (Å²) >= 11 is 37.3. The molecule has 0 spiro atoms. The average Bonchev–Trinajstić information content (AvgIpc) is 2.79. The first-order chi connectivity index (χ1) is 15.3. The monoisotopic (exact) mass is 620 g/mol. The van der Waals surface area contributed by atoms with Crippen LogP contribution in [0.15, 0.2) is 0 Å². The summed E-state index contributed by atoms with van der Waals surface area (Å²) in [6, 6.07) is 0. The molecule has 4 aliphatic heterocycles. The van der Waals surface area contributed by atoms with E-state index in [2.05, 4.69) is 72.7 Å². The summed E-state index contributed by atoms with van der Waals surface area (Å²) in [6.07, 6.45) is 6.56. The highest BCUT2D eigenvalue weighted by molar-refractivity contribution is 8.12. The fourth-order valence-corrected chi connectivity index (χ4v) is 20.7. The van der Waals surface area contributed by atoms with Gasteiger partial charge in [-0.3, -0.25) is 0 Å². The Morgan fingerprint density at radius 2 is 1.09 bits per heavy atom. The summed E-state index contributed by atoms with van der Waals surface area (Å²) in [7, 11) is 0. The smallest absolute Gasteiger partial charge is 0.0310 e. The number of hydrogen-bond donors (Lipinski definition) is 5. The van der Waals surface area contributed by atoms with Crippen LogP contribution in [0.5, 0.6) is 0 Å². The van der Waals surface area contributed by atoms with E-state index in [4.69, 9.17) is 63.1 Å². The van der Waals surface area contributed by atoms with Crippen LogP contribution in [-0.2, 0) is 0 Å². The number of thiol groups is 5. The highest BCUT2D eigenvalue weighted by Crippen LogP contribution is 2.61. The highest BCUT2D eigenvalue weighted by Gasteiger charge is 2.57. The van der Waals surface area contributed by atoms with Crippen molar-refractivity contribution in [2.45, 2.75) is 125 Å². The van der Waals surface area contributed by atoms with E-state index >= 15 is 0 Å². The molecule has 5 fully saturated rings. The predicted molar refractivity (Wildman–Crippen MR) is 174 cm³/mol. The number of fused-ring (bicyclic) bond motifs is 4. The second-order valence-corrected chi connectivity index (χ2v) is 20.6. The van der Waals surface area contributed by atoms with Crippen LogP contribution in [0.3, 0.4) is 0 Å². The molecule has 15 atom stereocenters. The second-order valence-electron chi connectivity index (χ2n) is 10.1. The van der Waals surface area contributed by atoms with Crippen LogP contribution in [0.4, 0.5) is 0 Å². The molecular weight excluding hydrogens is 585 g/mol. The number of thioether (sulfide) groups is 5. The molecule has 0 radical (unpaired) electrons. The summed E-state index contributed by atoms with van der Waals surface area (Å²) < 4.78 is 0. The Hall–Kier alpha value is 3.50. The van der Waals surface area contributed by atoms with E-state index in [1.54, 1.807) is 0 Å². The fourth-order valence-electron chi connectivity index (χ4n) is 6.13. The van der Waals surface area contributed by atoms with Gasteiger partial charge < -0.3 is 0 Å². The van der Waals surface area contributed by atoms with Crippen molar-refractivity contribution in [3.05, 3.63) is 0 Å². The van der Waals surface area contributed by atoms with Crippen LogP contribution in [0, 0.1) is 0 Å². The molecule has 15 unspecified atom stereocenters. The van der Waals surface area contributed by atoms with E-state index in [1.807, 2.05) is 0 Å². The molecule has 5 rings (SSSR count). The molecule has 0 amide bonds. The Morgan fingerprint density at radius 1 is 0.594 bits per heavy atom. The van der Waals surface area contributed by atoms with Gasteiger partial charge in [0, 0.05) is 78.7 Å². The van der Waals surface area contributed by atoms with Crippen molar-refractivity contribution in [2.75, 3.05) is 0 Å². The zero-order valence-corrected chi connectivity index (χ0v) is 27.0. The average molecular weight is 621 g/mol. The minimum Gasteiger partial charge on any atom is -0.175 e. The molecule has 1 saturated carbocycles. The van der Waals surface area contributed by atoms with Gasteiger partial charge in [-0.05, 0) is 19.3 Å². The SMILES string of the molecule is CC(S)C1SC2CCCCC3SC(C(C)S)C4SC3C3SC(C(S)CC4S)C(SC23)C1S. The van der Waals surface area contributed by atoms with Gasteiger partial charge in [-0.25, -0.2) is 0 Å². The van der Waals surface area contributed by atoms with Gasteiger partial charge in [-0.15, -0.1) is 0 Å². The van der Waals surface area contributed by atoms with Crippen molar-refractivity contribution in [1.82, 2.24) is 0 Å². The molecule has 0 N–H and O–H groups in total. The normalized spacial score (nSPS) is 55.4. The van der Waals surface area contributed by atoms with Crippen LogP contribution >= 0.6 is 122 Å². The molecular formula is C22H36S10. The Bertz CT molecular complexity index is 661. The quantitative estimate of drug-likeness (QED) is 0.213. The molecule has 184 valence electrons. The standard InChI is InChI=1S/C22H36S10/c1-8(23)15-14(27)21-18-11(26)7-10(25)17-16(9(2)24)29-13-6-4-3-5-12(28-15)20(32-21)22(31-18)19(13)30-17/h8-27H,3-7H2,1-2H3. The third-order valence-electron chi connectivity index (χ3n) is 7.73. The largest absolute Gasteiger partial charge is 0.175 e. The van der Waals surface area contributed by atoms with E-state index in [-0.39, 0.29) is 0 Å². The zero-order valence-electron chi connectivity index (χ0n) is 18.5. The van der Waals surface area contributed by atoms with Crippen LogP contribution in [0.2, 0.25) is 0 Å². The van der Waals surface area contributed by atoms with Gasteiger partial charge in [0.05, 0.1) is 0 Å². The van der Waals surface area contributed by atoms with Crippen LogP contribution in [0.25, 0.3) is 0 Å². The molecule has 32 heavy (non-hydrogen) atoms. The Labute approximate surface area is 244 Å². The van der Waals surface area contributed by atoms with Gasteiger partial charge in [0.25, 0.3) is 0 Å². The minimum absolute atomic E-state index is 0.373. The Kier molecular flexibility index (Phi) is 9.57. The van der Waals surface area contributed by atoms with Crippen molar-refractivity contribution in [2.24, 2.45) is 0 Å². The van der Waals surface area contributed by atoms with Gasteiger partial charge >= 0.3 is 0 Å². The molecule has 5 aliphatic rings. The first-order valence-corrected chi connectivity index (χ1v) is 19.2. The molecule has 4 heterocycles. The first kappa shape index (κ1) is 27.1. The van der Waals surface area contributed by atoms with Gasteiger partial charge in [-0.1, -0.05) is 26.7 Å². The lowest BCUT2D eigenvalue weighted by Crippen LogP contribution is -2.53. The van der Waals surface area contributed by atoms with Crippen LogP contribution in [-0.4, -0.2) is 78.7 Å². The third-order valence-corrected chi connectivity index (χ3v) is 21.7. The van der Waals surface area contributed by atoms with Gasteiger partial charge in [0.1, 0.15) is 0 Å². The van der Waals surface area contributed by atoms with Crippen molar-refractivity contribution < 1.29 is 0 Å². The summed E-state index contributed by atoms with van der Waals surface area (Å²) in [4.78, 5) is 0. The van der Waals surface area contributed by atoms with Gasteiger partial charge in [0.2, 0.25) is 0 Å². The third kappa shape index (κ3) is 5.20. The zero-order chi connectivity index (χ0) is 22.7. The van der Waals surface area contributed by atoms with Crippen LogP contribution < -0.4 is 0 Å². The molecule has 0 aromatic heterocycles. The van der Waals surface area contributed by atoms with Crippen molar-refractivity contribution in [1.29, 1.82) is 0 Å². The van der Waals surface area contributed by atoms with Crippen molar-refractivity contribution in [3.63, 3.8) is 0 Å². The summed E-state index contributed by atoms with van der Waals surface area (Å²) in [5, 5.41) is 8.33. The molecule has 6 bridgehead atoms. The molecule has 10 heteroatoms. The van der Waals surface area contributed by atoms with Gasteiger partial charge in [0.15, 0.2) is 0 Å². The maximum absolute atomic E-state index is 5.31. The predicted octanol–water partition coefficient (Wildman–Crippen LogP) is 6.89. The molecule has 0 aromatic rings. The second kappa shape index (κ2) is 11.3. The fraction of sp³-hybridized carbons (Fsp3) is 1.00. The van der Waals surface area contributed by atoms with E-state index in [0.717, 1.165) is 27.4 Å². The summed E-state index contributed by atoms with van der Waals surface area (Å²) in [6.45, 7) is 4.59. The molecule has 0 aromatic carbocycles. The Balaban J connectivity index is 1.58. The van der Waals surface area contributed by atoms with E-state index < -0.39 is 0 Å². The van der Waals surface area contributed by atoms with E-state index in [1.165, 1.54) is 25.7 Å². The van der Waals surface area contributed by atoms with Crippen LogP contribution in [0.1, 0.15) is 46.0 Å². The minimum atomic E-state index is 0.373. The molecule has 4 saturated heterocycles. The summed E-state index contributed by atoms with van der Waals surface area (Å²) in [5.41, 5.74) is 0. The maximum Gasteiger partial charge on any atom is 0.0310 e.